The fourth-order valence-corrected chi connectivity index (χ4v) is 6.44. The molecule has 3 heterocycles. The third-order valence-electron chi connectivity index (χ3n) is 8.83. The monoisotopic (exact) mass is 603 g/mol. The third kappa shape index (κ3) is 6.74. The minimum Gasteiger partial charge on any atom is -0.487 e. The number of hydrogen-bond acceptors (Lipinski definition) is 7. The molecule has 3 aliphatic rings. The predicted octanol–water partition coefficient (Wildman–Crippen LogP) is 5.85. The summed E-state index contributed by atoms with van der Waals surface area (Å²) in [6, 6.07) is 10.8. The summed E-state index contributed by atoms with van der Waals surface area (Å²) in [4.78, 5) is 51.8. The van der Waals surface area contributed by atoms with Crippen molar-refractivity contribution in [3.05, 3.63) is 59.9 Å². The van der Waals surface area contributed by atoms with E-state index in [1.54, 1.807) is 38.1 Å². The Hall–Kier alpha value is -3.95. The number of benzene rings is 1. The SMILES string of the molecule is CCC1(CC)CC(=O)N(C(c2cccnc2)[C@@H]2C[C@H]2C(=O)N[C@H]2CC(C)(C)Oc3ccccc32)C(NC(=O)OC(C)(C)C)=N1. The van der Waals surface area contributed by atoms with Crippen LogP contribution in [0.2, 0.25) is 0 Å². The number of aliphatic imine (C=N–C) groups is 1. The molecule has 1 aliphatic carbocycles. The van der Waals surface area contributed by atoms with Crippen LogP contribution in [0.3, 0.4) is 0 Å². The number of nitrogens with zero attached hydrogens (tertiary/aromatic N) is 3. The molecule has 2 N–H and O–H groups in total. The summed E-state index contributed by atoms with van der Waals surface area (Å²) >= 11 is 0. The molecule has 44 heavy (non-hydrogen) atoms. The second-order valence-corrected chi connectivity index (χ2v) is 13.8. The molecule has 1 saturated carbocycles. The lowest BCUT2D eigenvalue weighted by molar-refractivity contribution is -0.133. The standard InChI is InChI=1S/C34H45N5O5/c1-8-34(9-2)19-27(40)39(30(38-34)37-31(42)44-32(3,4)5)28(21-13-12-16-35-20-21)23-17-24(23)29(41)36-25-18-33(6,7)43-26-15-11-10-14-22(25)26/h10-16,20,23-25,28H,8-9,17-19H2,1-7H3,(H,36,41)(H,37,38,42)/t23-,24-,25+,28?/m1/s1. The van der Waals surface area contributed by atoms with Crippen molar-refractivity contribution < 1.29 is 23.9 Å². The first kappa shape index (κ1) is 31.5. The van der Waals surface area contributed by atoms with Crippen LogP contribution in [0.5, 0.6) is 5.75 Å². The van der Waals surface area contributed by atoms with Crippen molar-refractivity contribution in [1.29, 1.82) is 0 Å². The molecule has 5 rings (SSSR count). The number of hydrogen-bond donors (Lipinski definition) is 2. The molecule has 10 heteroatoms. The summed E-state index contributed by atoms with van der Waals surface area (Å²) in [5.74, 6) is 0.165. The molecule has 0 saturated heterocycles. The van der Waals surface area contributed by atoms with Crippen LogP contribution in [0.4, 0.5) is 4.79 Å². The van der Waals surface area contributed by atoms with Crippen LogP contribution in [0.1, 0.15) is 104 Å². The topological polar surface area (TPSA) is 122 Å². The number of nitrogens with one attached hydrogen (secondary N) is 2. The zero-order valence-corrected chi connectivity index (χ0v) is 26.8. The van der Waals surface area contributed by atoms with Crippen LogP contribution in [-0.4, -0.2) is 50.5 Å². The fourth-order valence-electron chi connectivity index (χ4n) is 6.44. The van der Waals surface area contributed by atoms with Crippen molar-refractivity contribution in [3.8, 4) is 5.75 Å². The lowest BCUT2D eigenvalue weighted by atomic mass is 9.87. The molecule has 0 bridgehead atoms. The first-order chi connectivity index (χ1) is 20.7. The van der Waals surface area contributed by atoms with Gasteiger partial charge in [-0.15, -0.1) is 0 Å². The summed E-state index contributed by atoms with van der Waals surface area (Å²) in [5, 5.41) is 6.09. The van der Waals surface area contributed by atoms with Crippen LogP contribution in [0, 0.1) is 11.8 Å². The van der Waals surface area contributed by atoms with Gasteiger partial charge in [0.05, 0.1) is 24.0 Å². The normalized spacial score (nSPS) is 24.2. The minimum atomic E-state index is -0.736. The molecule has 0 radical (unpaired) electrons. The van der Waals surface area contributed by atoms with Crippen LogP contribution < -0.4 is 15.4 Å². The molecular weight excluding hydrogens is 558 g/mol. The van der Waals surface area contributed by atoms with E-state index in [-0.39, 0.29) is 42.1 Å². The maximum atomic E-state index is 14.1. The van der Waals surface area contributed by atoms with Crippen molar-refractivity contribution in [2.75, 3.05) is 0 Å². The van der Waals surface area contributed by atoms with Crippen molar-refractivity contribution in [2.24, 2.45) is 16.8 Å². The summed E-state index contributed by atoms with van der Waals surface area (Å²) in [7, 11) is 0. The Labute approximate surface area is 260 Å². The molecule has 1 aromatic heterocycles. The van der Waals surface area contributed by atoms with E-state index in [9.17, 15) is 14.4 Å². The van der Waals surface area contributed by atoms with Gasteiger partial charge >= 0.3 is 6.09 Å². The average Bonchev–Trinajstić information content (AvgIpc) is 3.74. The van der Waals surface area contributed by atoms with Crippen LogP contribution >= 0.6 is 0 Å². The fraction of sp³-hybridized carbons (Fsp3) is 0.559. The Balaban J connectivity index is 1.45. The number of para-hydroxylation sites is 1. The van der Waals surface area contributed by atoms with Gasteiger partial charge in [0.15, 0.2) is 0 Å². The van der Waals surface area contributed by atoms with E-state index in [1.165, 1.54) is 0 Å². The highest BCUT2D eigenvalue weighted by atomic mass is 16.6. The van der Waals surface area contributed by atoms with Gasteiger partial charge in [-0.05, 0) is 77.5 Å². The number of rotatable bonds is 7. The summed E-state index contributed by atoms with van der Waals surface area (Å²) in [6.45, 7) is 13.4. The van der Waals surface area contributed by atoms with Crippen LogP contribution in [0.25, 0.3) is 0 Å². The first-order valence-electron chi connectivity index (χ1n) is 15.6. The van der Waals surface area contributed by atoms with E-state index in [4.69, 9.17) is 14.5 Å². The summed E-state index contributed by atoms with van der Waals surface area (Å²) in [5.41, 5.74) is -0.0735. The molecule has 1 aromatic carbocycles. The number of carbonyl (C=O) groups is 3. The van der Waals surface area contributed by atoms with Crippen molar-refractivity contribution in [1.82, 2.24) is 20.5 Å². The van der Waals surface area contributed by atoms with Gasteiger partial charge in [-0.1, -0.05) is 38.1 Å². The molecule has 4 atom stereocenters. The van der Waals surface area contributed by atoms with Gasteiger partial charge < -0.3 is 14.8 Å². The van der Waals surface area contributed by atoms with E-state index in [1.807, 2.05) is 64.1 Å². The highest BCUT2D eigenvalue weighted by Crippen LogP contribution is 2.52. The van der Waals surface area contributed by atoms with Gasteiger partial charge in [0, 0.05) is 30.3 Å². The van der Waals surface area contributed by atoms with Gasteiger partial charge in [0.2, 0.25) is 17.8 Å². The van der Waals surface area contributed by atoms with Crippen LogP contribution in [0.15, 0.2) is 53.8 Å². The van der Waals surface area contributed by atoms with Gasteiger partial charge in [0.1, 0.15) is 17.0 Å². The zero-order valence-electron chi connectivity index (χ0n) is 26.8. The Morgan fingerprint density at radius 3 is 2.52 bits per heavy atom. The van der Waals surface area contributed by atoms with Crippen molar-refractivity contribution in [3.63, 3.8) is 0 Å². The van der Waals surface area contributed by atoms with E-state index in [2.05, 4.69) is 15.6 Å². The molecule has 1 unspecified atom stereocenters. The largest absolute Gasteiger partial charge is 0.487 e. The number of ether oxygens (including phenoxy) is 2. The van der Waals surface area contributed by atoms with Gasteiger partial charge in [-0.3, -0.25) is 24.8 Å². The van der Waals surface area contributed by atoms with E-state index in [0.717, 1.165) is 16.9 Å². The van der Waals surface area contributed by atoms with E-state index < -0.39 is 28.9 Å². The molecule has 2 aliphatic heterocycles. The van der Waals surface area contributed by atoms with Gasteiger partial charge in [-0.25, -0.2) is 9.79 Å². The second kappa shape index (κ2) is 11.9. The molecule has 1 fully saturated rings. The van der Waals surface area contributed by atoms with E-state index >= 15 is 0 Å². The molecule has 3 amide bonds. The Morgan fingerprint density at radius 1 is 1.14 bits per heavy atom. The van der Waals surface area contributed by atoms with E-state index in [0.29, 0.717) is 25.7 Å². The number of amides is 3. The Bertz CT molecular complexity index is 1430. The Morgan fingerprint density at radius 2 is 1.86 bits per heavy atom. The number of aromatic nitrogens is 1. The van der Waals surface area contributed by atoms with Crippen LogP contribution in [-0.2, 0) is 14.3 Å². The molecule has 10 nitrogen and oxygen atoms in total. The highest BCUT2D eigenvalue weighted by Gasteiger charge is 2.54. The summed E-state index contributed by atoms with van der Waals surface area (Å²) < 4.78 is 11.7. The van der Waals surface area contributed by atoms with Crippen molar-refractivity contribution >= 4 is 23.9 Å². The van der Waals surface area contributed by atoms with Crippen molar-refractivity contribution in [2.45, 2.75) is 109 Å². The predicted molar refractivity (Wildman–Crippen MR) is 167 cm³/mol. The lowest BCUT2D eigenvalue weighted by Crippen LogP contribution is -2.56. The van der Waals surface area contributed by atoms with Gasteiger partial charge in [-0.2, -0.15) is 0 Å². The zero-order chi connectivity index (χ0) is 31.9. The quantitative estimate of drug-likeness (QED) is 0.410. The maximum Gasteiger partial charge on any atom is 0.414 e. The molecule has 2 aromatic rings. The number of alkyl carbamates (subject to hydrolysis) is 1. The highest BCUT2D eigenvalue weighted by molar-refractivity contribution is 6.05. The lowest BCUT2D eigenvalue weighted by Gasteiger charge is -2.41. The minimum absolute atomic E-state index is 0.0686. The molecule has 236 valence electrons. The Kier molecular flexibility index (Phi) is 8.48. The second-order valence-electron chi connectivity index (χ2n) is 13.8. The molecular formula is C34H45N5O5. The smallest absolute Gasteiger partial charge is 0.414 e. The molecule has 0 spiro atoms. The first-order valence-corrected chi connectivity index (χ1v) is 15.6. The third-order valence-corrected chi connectivity index (χ3v) is 8.83. The number of fused-ring (bicyclic) bond motifs is 1. The average molecular weight is 604 g/mol. The van der Waals surface area contributed by atoms with Gasteiger partial charge in [0.25, 0.3) is 0 Å². The number of guanidine groups is 1. The number of pyridine rings is 1. The summed E-state index contributed by atoms with van der Waals surface area (Å²) in [6.07, 6.45) is 5.39. The maximum absolute atomic E-state index is 14.1. The number of carbonyl (C=O) groups excluding carboxylic acids is 3.